The number of ether oxygens (including phenoxy) is 1. The molecule has 90 valence electrons. The van der Waals surface area contributed by atoms with E-state index in [9.17, 15) is 5.11 Å². The average molecular weight is 216 g/mol. The molecule has 0 spiro atoms. The highest BCUT2D eigenvalue weighted by atomic mass is 16.5. The molecule has 2 rings (SSSR count). The van der Waals surface area contributed by atoms with Gasteiger partial charge in [-0.15, -0.1) is 0 Å². The zero-order valence-electron chi connectivity index (χ0n) is 10.1. The highest BCUT2D eigenvalue weighted by Gasteiger charge is 2.34. The molecule has 2 fully saturated rings. The summed E-state index contributed by atoms with van der Waals surface area (Å²) in [5.41, 5.74) is 0. The number of hydrogen-bond donors (Lipinski definition) is 1. The number of hydrogen-bond acceptors (Lipinski definition) is 4. The summed E-state index contributed by atoms with van der Waals surface area (Å²) in [5.74, 6) is 0. The summed E-state index contributed by atoms with van der Waals surface area (Å²) in [5, 5.41) is 9.79. The highest BCUT2D eigenvalue weighted by Crippen LogP contribution is 2.15. The van der Waals surface area contributed by atoms with Crippen molar-refractivity contribution in [1.29, 1.82) is 0 Å². The van der Waals surface area contributed by atoms with Crippen LogP contribution in [0.2, 0.25) is 0 Å². The summed E-state index contributed by atoms with van der Waals surface area (Å²) >= 11 is 0. The van der Waals surface area contributed by atoms with Gasteiger partial charge in [0.25, 0.3) is 0 Å². The second-order valence-electron chi connectivity index (χ2n) is 4.00. The summed E-state index contributed by atoms with van der Waals surface area (Å²) in [6, 6.07) is 0.328. The van der Waals surface area contributed by atoms with Crippen molar-refractivity contribution in [3.05, 3.63) is 0 Å². The smallest absolute Gasteiger partial charge is 0.0834 e. The van der Waals surface area contributed by atoms with E-state index in [0.717, 1.165) is 39.4 Å². The maximum absolute atomic E-state index is 9.79. The van der Waals surface area contributed by atoms with Crippen LogP contribution in [-0.4, -0.2) is 73.5 Å². The van der Waals surface area contributed by atoms with Gasteiger partial charge in [-0.25, -0.2) is 0 Å². The number of likely N-dealkylation sites (tertiary alicyclic amines) is 1. The summed E-state index contributed by atoms with van der Waals surface area (Å²) in [6.45, 7) is 9.36. The van der Waals surface area contributed by atoms with Crippen LogP contribution >= 0.6 is 0 Å². The molecule has 0 saturated carbocycles. The van der Waals surface area contributed by atoms with E-state index in [0.29, 0.717) is 6.04 Å². The van der Waals surface area contributed by atoms with Crippen LogP contribution in [0.1, 0.15) is 13.8 Å². The van der Waals surface area contributed by atoms with Crippen LogP contribution in [0, 0.1) is 0 Å². The molecule has 2 atom stereocenters. The Labute approximate surface area is 92.8 Å². The predicted octanol–water partition coefficient (Wildman–Crippen LogP) is 0.0197. The Balaban J connectivity index is 0.000000531. The van der Waals surface area contributed by atoms with E-state index in [-0.39, 0.29) is 6.10 Å². The largest absolute Gasteiger partial charge is 0.390 e. The van der Waals surface area contributed by atoms with E-state index >= 15 is 0 Å². The van der Waals surface area contributed by atoms with E-state index in [2.05, 4.69) is 16.8 Å². The molecule has 0 aromatic heterocycles. The van der Waals surface area contributed by atoms with Crippen LogP contribution in [-0.2, 0) is 4.74 Å². The molecule has 15 heavy (non-hydrogen) atoms. The summed E-state index contributed by atoms with van der Waals surface area (Å²) in [4.78, 5) is 4.53. The lowest BCUT2D eigenvalue weighted by molar-refractivity contribution is -0.00611. The van der Waals surface area contributed by atoms with Crippen LogP contribution in [0.25, 0.3) is 0 Å². The molecule has 0 amide bonds. The lowest BCUT2D eigenvalue weighted by Crippen LogP contribution is -2.48. The summed E-state index contributed by atoms with van der Waals surface area (Å²) in [7, 11) is 2.06. The molecule has 2 unspecified atom stereocenters. The minimum absolute atomic E-state index is 0.178. The van der Waals surface area contributed by atoms with Crippen LogP contribution in [0.5, 0.6) is 0 Å². The zero-order valence-corrected chi connectivity index (χ0v) is 10.1. The number of rotatable bonds is 1. The van der Waals surface area contributed by atoms with Gasteiger partial charge in [0.2, 0.25) is 0 Å². The predicted molar refractivity (Wildman–Crippen MR) is 61.0 cm³/mol. The van der Waals surface area contributed by atoms with Gasteiger partial charge < -0.3 is 14.7 Å². The van der Waals surface area contributed by atoms with Crippen LogP contribution in [0.4, 0.5) is 0 Å². The van der Waals surface area contributed by atoms with Crippen molar-refractivity contribution in [1.82, 2.24) is 9.80 Å². The number of nitrogens with zero attached hydrogens (tertiary/aromatic N) is 2. The highest BCUT2D eigenvalue weighted by molar-refractivity contribution is 4.90. The summed E-state index contributed by atoms with van der Waals surface area (Å²) < 4.78 is 5.28. The molecular formula is C11H24N2O2. The van der Waals surface area contributed by atoms with E-state index < -0.39 is 0 Å². The second-order valence-corrected chi connectivity index (χ2v) is 4.00. The average Bonchev–Trinajstić information content (AvgIpc) is 2.62. The second kappa shape index (κ2) is 6.43. The molecular weight excluding hydrogens is 192 g/mol. The number of morpholine rings is 1. The van der Waals surface area contributed by atoms with Crippen LogP contribution < -0.4 is 0 Å². The van der Waals surface area contributed by atoms with Gasteiger partial charge >= 0.3 is 0 Å². The van der Waals surface area contributed by atoms with Gasteiger partial charge in [-0.1, -0.05) is 13.8 Å². The molecule has 2 aliphatic rings. The fraction of sp³-hybridized carbons (Fsp3) is 1.00. The van der Waals surface area contributed by atoms with Crippen molar-refractivity contribution < 1.29 is 9.84 Å². The number of aliphatic hydroxyl groups excluding tert-OH is 1. The van der Waals surface area contributed by atoms with Gasteiger partial charge in [0.15, 0.2) is 0 Å². The minimum atomic E-state index is -0.178. The molecule has 0 aliphatic carbocycles. The molecule has 0 radical (unpaired) electrons. The van der Waals surface area contributed by atoms with Crippen molar-refractivity contribution in [3.63, 3.8) is 0 Å². The molecule has 0 aromatic rings. The molecule has 2 saturated heterocycles. The van der Waals surface area contributed by atoms with Gasteiger partial charge in [-0.2, -0.15) is 0 Å². The first-order valence-electron chi connectivity index (χ1n) is 5.96. The molecule has 0 bridgehead atoms. The van der Waals surface area contributed by atoms with Crippen molar-refractivity contribution in [2.75, 3.05) is 46.4 Å². The number of likely N-dealkylation sites (N-methyl/N-ethyl adjacent to an activating group) is 1. The van der Waals surface area contributed by atoms with Crippen molar-refractivity contribution >= 4 is 0 Å². The maximum Gasteiger partial charge on any atom is 0.0834 e. The third kappa shape index (κ3) is 3.41. The van der Waals surface area contributed by atoms with Crippen molar-refractivity contribution in [2.24, 2.45) is 0 Å². The Bertz CT molecular complexity index is 172. The third-order valence-corrected chi connectivity index (χ3v) is 2.96. The van der Waals surface area contributed by atoms with Gasteiger partial charge in [-0.05, 0) is 7.05 Å². The molecule has 4 nitrogen and oxygen atoms in total. The molecule has 1 N–H and O–H groups in total. The Morgan fingerprint density at radius 2 is 1.73 bits per heavy atom. The molecule has 2 heterocycles. The van der Waals surface area contributed by atoms with Crippen molar-refractivity contribution in [2.45, 2.75) is 26.0 Å². The van der Waals surface area contributed by atoms with Crippen molar-refractivity contribution in [3.8, 4) is 0 Å². The first-order chi connectivity index (χ1) is 7.27. The molecule has 2 aliphatic heterocycles. The minimum Gasteiger partial charge on any atom is -0.390 e. The van der Waals surface area contributed by atoms with E-state index in [1.807, 2.05) is 13.8 Å². The van der Waals surface area contributed by atoms with Gasteiger partial charge in [0, 0.05) is 32.2 Å². The first-order valence-corrected chi connectivity index (χ1v) is 5.96. The van der Waals surface area contributed by atoms with E-state index in [1.54, 1.807) is 0 Å². The monoisotopic (exact) mass is 216 g/mol. The summed E-state index contributed by atoms with van der Waals surface area (Å²) in [6.07, 6.45) is -0.178. The Kier molecular flexibility index (Phi) is 5.53. The fourth-order valence-electron chi connectivity index (χ4n) is 2.22. The topological polar surface area (TPSA) is 35.9 Å². The lowest BCUT2D eigenvalue weighted by Gasteiger charge is -2.33. The third-order valence-electron chi connectivity index (χ3n) is 2.96. The Hall–Kier alpha value is -0.160. The van der Waals surface area contributed by atoms with E-state index in [4.69, 9.17) is 4.74 Å². The zero-order chi connectivity index (χ0) is 11.3. The van der Waals surface area contributed by atoms with Crippen LogP contribution in [0.15, 0.2) is 0 Å². The maximum atomic E-state index is 9.79. The Morgan fingerprint density at radius 3 is 2.20 bits per heavy atom. The quantitative estimate of drug-likeness (QED) is 0.670. The van der Waals surface area contributed by atoms with Gasteiger partial charge in [0.05, 0.1) is 19.3 Å². The number of aliphatic hydroxyl groups is 1. The molecule has 4 heteroatoms. The molecule has 0 aromatic carbocycles. The fourth-order valence-corrected chi connectivity index (χ4v) is 2.22. The standard InChI is InChI=1S/C9H18N2O2.C2H6/c1-10-6-8(9(12)7-10)11-2-4-13-5-3-11;1-2/h8-9,12H,2-7H2,1H3;1-2H3. The lowest BCUT2D eigenvalue weighted by atomic mass is 10.2. The normalized spacial score (nSPS) is 33.6. The van der Waals surface area contributed by atoms with Gasteiger partial charge in [-0.3, -0.25) is 4.90 Å². The first kappa shape index (κ1) is 12.9. The number of β-amino-alcohol motifs (C(OH)–C–C–N with tert-alkyl or cyclic N) is 1. The Morgan fingerprint density at radius 1 is 1.13 bits per heavy atom. The van der Waals surface area contributed by atoms with E-state index in [1.165, 1.54) is 0 Å². The van der Waals surface area contributed by atoms with Crippen LogP contribution in [0.3, 0.4) is 0 Å². The van der Waals surface area contributed by atoms with Gasteiger partial charge in [0.1, 0.15) is 0 Å². The SMILES string of the molecule is CC.CN1CC(O)C(N2CCOCC2)C1.